The number of amides is 2. The highest BCUT2D eigenvalue weighted by atomic mass is 32.2. The molecule has 3 rings (SSSR count). The summed E-state index contributed by atoms with van der Waals surface area (Å²) in [5.74, 6) is 6.13. The summed E-state index contributed by atoms with van der Waals surface area (Å²) in [4.78, 5) is 12.3. The van der Waals surface area contributed by atoms with Crippen molar-refractivity contribution in [2.45, 2.75) is 11.8 Å². The number of hydrogen-bond acceptors (Lipinski definition) is 3. The second kappa shape index (κ2) is 10.4. The Morgan fingerprint density at radius 2 is 1.52 bits per heavy atom. The van der Waals surface area contributed by atoms with E-state index in [1.807, 2.05) is 43.3 Å². The summed E-state index contributed by atoms with van der Waals surface area (Å²) in [6.45, 7) is 2.11. The van der Waals surface area contributed by atoms with Gasteiger partial charge in [-0.2, -0.15) is 0 Å². The molecule has 0 saturated carbocycles. The third kappa shape index (κ3) is 7.00. The lowest BCUT2D eigenvalue weighted by molar-refractivity contribution is 0.252. The Morgan fingerprint density at radius 1 is 0.839 bits per heavy atom. The maximum atomic E-state index is 12.2. The van der Waals surface area contributed by atoms with E-state index >= 15 is 0 Å². The van der Waals surface area contributed by atoms with Crippen LogP contribution >= 0.6 is 0 Å². The number of sulfonamides is 1. The van der Waals surface area contributed by atoms with Crippen LogP contribution in [0.2, 0.25) is 0 Å². The number of anilines is 1. The first kappa shape index (κ1) is 22.1. The second-order valence-electron chi connectivity index (χ2n) is 6.79. The number of aryl methyl sites for hydroxylation is 1. The number of urea groups is 1. The molecule has 0 aliphatic carbocycles. The van der Waals surface area contributed by atoms with Crippen LogP contribution in [0.1, 0.15) is 16.7 Å². The molecule has 3 aromatic rings. The molecular weight excluding hydrogens is 410 g/mol. The van der Waals surface area contributed by atoms with E-state index in [0.29, 0.717) is 5.69 Å². The Labute approximate surface area is 182 Å². The second-order valence-corrected chi connectivity index (χ2v) is 8.56. The number of benzene rings is 3. The third-order valence-electron chi connectivity index (χ3n) is 4.28. The van der Waals surface area contributed by atoms with Crippen LogP contribution in [0.4, 0.5) is 10.5 Å². The molecule has 6 nitrogen and oxygen atoms in total. The summed E-state index contributed by atoms with van der Waals surface area (Å²) in [6, 6.07) is 23.0. The van der Waals surface area contributed by atoms with Gasteiger partial charge in [-0.3, -0.25) is 0 Å². The van der Waals surface area contributed by atoms with Crippen molar-refractivity contribution in [2.75, 3.05) is 18.4 Å². The van der Waals surface area contributed by atoms with Crippen molar-refractivity contribution in [1.82, 2.24) is 10.0 Å². The normalized spacial score (nSPS) is 10.6. The Morgan fingerprint density at radius 3 is 2.26 bits per heavy atom. The molecule has 3 N–H and O–H groups in total. The molecule has 0 bridgehead atoms. The van der Waals surface area contributed by atoms with E-state index in [1.54, 1.807) is 42.5 Å². The van der Waals surface area contributed by atoms with E-state index in [4.69, 9.17) is 0 Å². The molecule has 3 aromatic carbocycles. The van der Waals surface area contributed by atoms with Gasteiger partial charge in [0, 0.05) is 29.9 Å². The van der Waals surface area contributed by atoms with E-state index in [0.717, 1.165) is 16.7 Å². The standard InChI is InChI=1S/C24H23N3O3S/c1-19-10-14-23(15-11-19)31(29,30)26-17-16-25-24(28)27-22-9-5-8-21(18-22)13-12-20-6-3-2-4-7-20/h2-11,14-15,18,26H,16-17H2,1H3,(H2,25,27,28). The highest BCUT2D eigenvalue weighted by Crippen LogP contribution is 2.11. The fourth-order valence-corrected chi connectivity index (χ4v) is 3.71. The van der Waals surface area contributed by atoms with Gasteiger partial charge in [-0.25, -0.2) is 17.9 Å². The van der Waals surface area contributed by atoms with Crippen molar-refractivity contribution in [3.05, 3.63) is 95.6 Å². The zero-order chi connectivity index (χ0) is 22.1. The van der Waals surface area contributed by atoms with Gasteiger partial charge in [-0.05, 0) is 49.4 Å². The van der Waals surface area contributed by atoms with Crippen LogP contribution in [0.15, 0.2) is 83.8 Å². The molecule has 2 amide bonds. The van der Waals surface area contributed by atoms with E-state index in [9.17, 15) is 13.2 Å². The average molecular weight is 434 g/mol. The Kier molecular flexibility index (Phi) is 7.44. The van der Waals surface area contributed by atoms with Crippen LogP contribution in [-0.2, 0) is 10.0 Å². The number of hydrogen-bond donors (Lipinski definition) is 3. The number of carbonyl (C=O) groups is 1. The van der Waals surface area contributed by atoms with Crippen LogP contribution in [0, 0.1) is 18.8 Å². The predicted octanol–water partition coefficient (Wildman–Crippen LogP) is 3.49. The lowest BCUT2D eigenvalue weighted by Crippen LogP contribution is -2.36. The fourth-order valence-electron chi connectivity index (χ4n) is 2.68. The molecule has 158 valence electrons. The van der Waals surface area contributed by atoms with E-state index in [-0.39, 0.29) is 18.0 Å². The summed E-state index contributed by atoms with van der Waals surface area (Å²) in [5, 5.41) is 5.35. The minimum atomic E-state index is -3.61. The Balaban J connectivity index is 1.48. The Bertz CT molecular complexity index is 1200. The van der Waals surface area contributed by atoms with Crippen molar-refractivity contribution in [1.29, 1.82) is 0 Å². The molecule has 0 aromatic heterocycles. The van der Waals surface area contributed by atoms with Crippen LogP contribution in [-0.4, -0.2) is 27.5 Å². The summed E-state index contributed by atoms with van der Waals surface area (Å²) >= 11 is 0. The van der Waals surface area contributed by atoms with Crippen molar-refractivity contribution in [3.8, 4) is 11.8 Å². The van der Waals surface area contributed by atoms with Gasteiger partial charge in [0.2, 0.25) is 10.0 Å². The van der Waals surface area contributed by atoms with Gasteiger partial charge < -0.3 is 10.6 Å². The van der Waals surface area contributed by atoms with Crippen molar-refractivity contribution < 1.29 is 13.2 Å². The number of carbonyl (C=O) groups excluding carboxylic acids is 1. The Hall–Kier alpha value is -3.60. The van der Waals surface area contributed by atoms with Crippen LogP contribution in [0.25, 0.3) is 0 Å². The molecule has 0 fully saturated rings. The summed E-state index contributed by atoms with van der Waals surface area (Å²) in [7, 11) is -3.61. The van der Waals surface area contributed by atoms with Crippen molar-refractivity contribution in [2.24, 2.45) is 0 Å². The minimum absolute atomic E-state index is 0.0756. The molecule has 0 aliphatic rings. The lowest BCUT2D eigenvalue weighted by Gasteiger charge is -2.09. The average Bonchev–Trinajstić information content (AvgIpc) is 2.77. The highest BCUT2D eigenvalue weighted by Gasteiger charge is 2.12. The SMILES string of the molecule is Cc1ccc(S(=O)(=O)NCCNC(=O)Nc2cccc(C#Cc3ccccc3)c2)cc1. The van der Waals surface area contributed by atoms with Gasteiger partial charge in [0.25, 0.3) is 0 Å². The predicted molar refractivity (Wildman–Crippen MR) is 122 cm³/mol. The first-order valence-electron chi connectivity index (χ1n) is 9.71. The van der Waals surface area contributed by atoms with Crippen LogP contribution in [0.5, 0.6) is 0 Å². The molecule has 0 aliphatic heterocycles. The van der Waals surface area contributed by atoms with Crippen molar-refractivity contribution >= 4 is 21.7 Å². The van der Waals surface area contributed by atoms with Gasteiger partial charge in [0.05, 0.1) is 4.90 Å². The molecule has 31 heavy (non-hydrogen) atoms. The molecule has 0 unspecified atom stereocenters. The maximum absolute atomic E-state index is 12.2. The van der Waals surface area contributed by atoms with E-state index in [2.05, 4.69) is 27.2 Å². The fraction of sp³-hybridized carbons (Fsp3) is 0.125. The quantitative estimate of drug-likeness (QED) is 0.411. The number of nitrogens with one attached hydrogen (secondary N) is 3. The monoisotopic (exact) mass is 433 g/mol. The smallest absolute Gasteiger partial charge is 0.319 e. The number of rotatable bonds is 6. The van der Waals surface area contributed by atoms with E-state index < -0.39 is 16.1 Å². The van der Waals surface area contributed by atoms with Gasteiger partial charge in [0.1, 0.15) is 0 Å². The van der Waals surface area contributed by atoms with Gasteiger partial charge in [-0.1, -0.05) is 53.8 Å². The first-order chi connectivity index (χ1) is 14.9. The van der Waals surface area contributed by atoms with Gasteiger partial charge >= 0.3 is 6.03 Å². The molecule has 0 atom stereocenters. The third-order valence-corrected chi connectivity index (χ3v) is 5.76. The zero-order valence-corrected chi connectivity index (χ0v) is 17.9. The minimum Gasteiger partial charge on any atom is -0.337 e. The molecular formula is C24H23N3O3S. The largest absolute Gasteiger partial charge is 0.337 e. The molecule has 0 heterocycles. The van der Waals surface area contributed by atoms with Crippen molar-refractivity contribution in [3.63, 3.8) is 0 Å². The topological polar surface area (TPSA) is 87.3 Å². The molecule has 0 radical (unpaired) electrons. The zero-order valence-electron chi connectivity index (χ0n) is 17.1. The highest BCUT2D eigenvalue weighted by molar-refractivity contribution is 7.89. The molecule has 7 heteroatoms. The van der Waals surface area contributed by atoms with E-state index in [1.165, 1.54) is 0 Å². The molecule has 0 saturated heterocycles. The van der Waals surface area contributed by atoms with Crippen LogP contribution < -0.4 is 15.4 Å². The lowest BCUT2D eigenvalue weighted by atomic mass is 10.1. The summed E-state index contributed by atoms with van der Waals surface area (Å²) in [5.41, 5.74) is 3.25. The van der Waals surface area contributed by atoms with Gasteiger partial charge in [0.15, 0.2) is 0 Å². The summed E-state index contributed by atoms with van der Waals surface area (Å²) in [6.07, 6.45) is 0. The van der Waals surface area contributed by atoms with Gasteiger partial charge in [-0.15, -0.1) is 0 Å². The van der Waals surface area contributed by atoms with Crippen LogP contribution in [0.3, 0.4) is 0 Å². The first-order valence-corrected chi connectivity index (χ1v) is 11.2. The molecule has 0 spiro atoms. The summed E-state index contributed by atoms with van der Waals surface area (Å²) < 4.78 is 26.9. The maximum Gasteiger partial charge on any atom is 0.319 e.